The van der Waals surface area contributed by atoms with E-state index in [1.807, 2.05) is 11.9 Å². The van der Waals surface area contributed by atoms with Crippen molar-refractivity contribution >= 4 is 22.4 Å². The first-order valence-corrected chi connectivity index (χ1v) is 6.22. The van der Waals surface area contributed by atoms with Gasteiger partial charge in [0.15, 0.2) is 5.13 Å². The molecule has 1 aliphatic rings. The molecule has 6 nitrogen and oxygen atoms in total. The minimum Gasteiger partial charge on any atom is -0.480 e. The van der Waals surface area contributed by atoms with Crippen molar-refractivity contribution in [2.75, 3.05) is 25.2 Å². The fourth-order valence-corrected chi connectivity index (χ4v) is 2.59. The van der Waals surface area contributed by atoms with Gasteiger partial charge < -0.3 is 20.5 Å². The van der Waals surface area contributed by atoms with Gasteiger partial charge in [-0.3, -0.25) is 4.79 Å². The molecule has 3 N–H and O–H groups in total. The van der Waals surface area contributed by atoms with Gasteiger partial charge in [-0.2, -0.15) is 0 Å². The number of carbonyl (C=O) groups is 1. The van der Waals surface area contributed by atoms with E-state index in [9.17, 15) is 4.79 Å². The maximum atomic E-state index is 10.7. The van der Waals surface area contributed by atoms with E-state index in [0.717, 1.165) is 18.2 Å². The van der Waals surface area contributed by atoms with Crippen molar-refractivity contribution in [3.63, 3.8) is 0 Å². The number of ether oxygens (including phenoxy) is 1. The van der Waals surface area contributed by atoms with Crippen molar-refractivity contribution in [3.05, 3.63) is 11.1 Å². The molecular formula is C10H15N3O3S. The molecule has 1 aromatic heterocycles. The number of likely N-dealkylation sites (N-methyl/N-ethyl adjacent to an activating group) is 1. The highest BCUT2D eigenvalue weighted by Gasteiger charge is 2.24. The van der Waals surface area contributed by atoms with Gasteiger partial charge in [0.2, 0.25) is 0 Å². The summed E-state index contributed by atoms with van der Waals surface area (Å²) in [6.45, 7) is 1.46. The number of hydrogen-bond acceptors (Lipinski definition) is 6. The lowest BCUT2D eigenvalue weighted by Crippen LogP contribution is -2.31. The average Bonchev–Trinajstić information content (AvgIpc) is 2.98. The first kappa shape index (κ1) is 12.3. The van der Waals surface area contributed by atoms with Crippen LogP contribution in [-0.2, 0) is 9.53 Å². The number of hydrogen-bond donors (Lipinski definition) is 2. The van der Waals surface area contributed by atoms with Crippen molar-refractivity contribution in [2.24, 2.45) is 5.73 Å². The second-order valence-electron chi connectivity index (χ2n) is 4.00. The summed E-state index contributed by atoms with van der Waals surface area (Å²) in [7, 11) is 1.94. The van der Waals surface area contributed by atoms with Gasteiger partial charge in [0.1, 0.15) is 6.04 Å². The number of carboxylic acids is 1. The summed E-state index contributed by atoms with van der Waals surface area (Å²) >= 11 is 1.41. The molecule has 2 rings (SSSR count). The average molecular weight is 257 g/mol. The highest BCUT2D eigenvalue weighted by atomic mass is 32.1. The highest BCUT2D eigenvalue weighted by Crippen LogP contribution is 2.26. The summed E-state index contributed by atoms with van der Waals surface area (Å²) in [6, 6.07) is -0.733. The van der Waals surface area contributed by atoms with Crippen molar-refractivity contribution < 1.29 is 14.6 Å². The molecule has 1 aliphatic heterocycles. The fourth-order valence-electron chi connectivity index (χ4n) is 1.69. The molecule has 2 unspecified atom stereocenters. The molecule has 0 amide bonds. The Bertz CT molecular complexity index is 403. The maximum Gasteiger partial charge on any atom is 0.326 e. The predicted octanol–water partition coefficient (Wildman–Crippen LogP) is 0.453. The molecule has 0 aliphatic carbocycles. The van der Waals surface area contributed by atoms with Gasteiger partial charge in [-0.15, -0.1) is 11.3 Å². The molecule has 0 saturated carbocycles. The molecule has 7 heteroatoms. The first-order chi connectivity index (χ1) is 8.09. The Kier molecular flexibility index (Phi) is 3.60. The number of nitrogens with zero attached hydrogens (tertiary/aromatic N) is 2. The molecule has 0 spiro atoms. The third-order valence-corrected chi connectivity index (χ3v) is 3.80. The second-order valence-corrected chi connectivity index (χ2v) is 4.84. The summed E-state index contributed by atoms with van der Waals surface area (Å²) in [5.41, 5.74) is 5.91. The van der Waals surface area contributed by atoms with E-state index in [-0.39, 0.29) is 0 Å². The fraction of sp³-hybridized carbons (Fsp3) is 0.600. The minimum atomic E-state index is -1.06. The first-order valence-electron chi connectivity index (χ1n) is 5.34. The van der Waals surface area contributed by atoms with Crippen LogP contribution in [0.3, 0.4) is 0 Å². The smallest absolute Gasteiger partial charge is 0.326 e. The Morgan fingerprint density at radius 2 is 2.59 bits per heavy atom. The number of thiazole rings is 1. The van der Waals surface area contributed by atoms with E-state index in [2.05, 4.69) is 4.98 Å². The van der Waals surface area contributed by atoms with Crippen LogP contribution in [0.2, 0.25) is 0 Å². The van der Waals surface area contributed by atoms with Gasteiger partial charge >= 0.3 is 5.97 Å². The summed E-state index contributed by atoms with van der Waals surface area (Å²) in [5, 5.41) is 11.3. The number of rotatable bonds is 4. The normalized spacial score (nSPS) is 21.4. The van der Waals surface area contributed by atoms with Crippen molar-refractivity contribution in [1.29, 1.82) is 0 Å². The van der Waals surface area contributed by atoms with Crippen LogP contribution in [0.5, 0.6) is 0 Å². The molecule has 0 aromatic carbocycles. The monoisotopic (exact) mass is 257 g/mol. The third kappa shape index (κ3) is 2.56. The molecule has 1 fully saturated rings. The summed E-state index contributed by atoms with van der Waals surface area (Å²) in [4.78, 5) is 17.0. The van der Waals surface area contributed by atoms with Crippen LogP contribution in [0.15, 0.2) is 5.38 Å². The zero-order valence-corrected chi connectivity index (χ0v) is 10.3. The lowest BCUT2D eigenvalue weighted by Gasteiger charge is -2.21. The SMILES string of the molecule is CN(c1nc(C(N)C(=O)O)cs1)C1CCOC1. The van der Waals surface area contributed by atoms with E-state index in [1.54, 1.807) is 5.38 Å². The van der Waals surface area contributed by atoms with Crippen LogP contribution in [0.1, 0.15) is 18.2 Å². The molecule has 94 valence electrons. The Morgan fingerprint density at radius 3 is 3.18 bits per heavy atom. The maximum absolute atomic E-state index is 10.7. The van der Waals surface area contributed by atoms with Gasteiger partial charge in [-0.1, -0.05) is 0 Å². The van der Waals surface area contributed by atoms with Crippen molar-refractivity contribution in [1.82, 2.24) is 4.98 Å². The van der Waals surface area contributed by atoms with E-state index in [0.29, 0.717) is 18.3 Å². The number of aromatic nitrogens is 1. The molecule has 1 aromatic rings. The summed E-state index contributed by atoms with van der Waals surface area (Å²) < 4.78 is 5.31. The van der Waals surface area contributed by atoms with Crippen molar-refractivity contribution in [2.45, 2.75) is 18.5 Å². The van der Waals surface area contributed by atoms with Crippen molar-refractivity contribution in [3.8, 4) is 0 Å². The number of aliphatic carboxylic acids is 1. The lowest BCUT2D eigenvalue weighted by molar-refractivity contribution is -0.138. The number of carboxylic acid groups (broad SMARTS) is 1. The summed E-state index contributed by atoms with van der Waals surface area (Å²) in [5.74, 6) is -1.06. The van der Waals surface area contributed by atoms with Crippen LogP contribution in [0.4, 0.5) is 5.13 Å². The van der Waals surface area contributed by atoms with Gasteiger partial charge in [0.25, 0.3) is 0 Å². The van der Waals surface area contributed by atoms with E-state index < -0.39 is 12.0 Å². The van der Waals surface area contributed by atoms with Gasteiger partial charge in [-0.05, 0) is 6.42 Å². The molecule has 1 saturated heterocycles. The van der Waals surface area contributed by atoms with E-state index >= 15 is 0 Å². The molecular weight excluding hydrogens is 242 g/mol. The zero-order chi connectivity index (χ0) is 12.4. The largest absolute Gasteiger partial charge is 0.480 e. The molecule has 0 bridgehead atoms. The topological polar surface area (TPSA) is 88.7 Å². The third-order valence-electron chi connectivity index (χ3n) is 2.85. The van der Waals surface area contributed by atoms with Crippen LogP contribution >= 0.6 is 11.3 Å². The Hall–Kier alpha value is -1.18. The second kappa shape index (κ2) is 4.99. The predicted molar refractivity (Wildman–Crippen MR) is 64.3 cm³/mol. The van der Waals surface area contributed by atoms with Gasteiger partial charge in [0, 0.05) is 19.0 Å². The number of anilines is 1. The van der Waals surface area contributed by atoms with Crippen LogP contribution in [-0.4, -0.2) is 42.4 Å². The Labute approximate surface area is 103 Å². The standard InChI is InChI=1S/C10H15N3O3S/c1-13(6-2-3-16-4-6)10-12-7(5-17-10)8(11)9(14)15/h5-6,8H,2-4,11H2,1H3,(H,14,15). The minimum absolute atomic E-state index is 0.315. The molecule has 2 atom stereocenters. The van der Waals surface area contributed by atoms with E-state index in [4.69, 9.17) is 15.6 Å². The van der Waals surface area contributed by atoms with Crippen LogP contribution in [0.25, 0.3) is 0 Å². The number of nitrogens with two attached hydrogens (primary N) is 1. The van der Waals surface area contributed by atoms with Crippen LogP contribution < -0.4 is 10.6 Å². The van der Waals surface area contributed by atoms with Crippen LogP contribution in [0, 0.1) is 0 Å². The quantitative estimate of drug-likeness (QED) is 0.814. The Balaban J connectivity index is 2.09. The molecule has 17 heavy (non-hydrogen) atoms. The lowest BCUT2D eigenvalue weighted by atomic mass is 10.2. The highest BCUT2D eigenvalue weighted by molar-refractivity contribution is 7.13. The Morgan fingerprint density at radius 1 is 1.82 bits per heavy atom. The summed E-state index contributed by atoms with van der Waals surface area (Å²) in [6.07, 6.45) is 0.969. The van der Waals surface area contributed by atoms with E-state index in [1.165, 1.54) is 11.3 Å². The van der Waals surface area contributed by atoms with Gasteiger partial charge in [0.05, 0.1) is 18.3 Å². The molecule has 2 heterocycles. The molecule has 0 radical (unpaired) electrons. The zero-order valence-electron chi connectivity index (χ0n) is 9.50. The van der Waals surface area contributed by atoms with Gasteiger partial charge in [-0.25, -0.2) is 4.98 Å².